The van der Waals surface area contributed by atoms with E-state index in [-0.39, 0.29) is 30.8 Å². The Kier molecular flexibility index (Phi) is 7.63. The van der Waals surface area contributed by atoms with Gasteiger partial charge in [-0.2, -0.15) is 0 Å². The van der Waals surface area contributed by atoms with Gasteiger partial charge in [-0.1, -0.05) is 60.7 Å². The largest absolute Gasteiger partial charge is 0.490 e. The second-order valence-electron chi connectivity index (χ2n) is 9.66. The number of benzene rings is 3. The summed E-state index contributed by atoms with van der Waals surface area (Å²) in [5.41, 5.74) is 2.30. The van der Waals surface area contributed by atoms with Gasteiger partial charge in [0.05, 0.1) is 17.7 Å². The molecule has 0 spiro atoms. The standard InChI is InChI=1S/C31H32N2O5/c1-21-10-6-8-14-25(23-16-17-28-29(19-23)37-20-36-28)32-30(34)26(18-22-11-4-3-5-12-22)33(2)31(35)24-13-7-9-15-27(24)38-21/h3-9,11-13,15-17,19,21,25-26H,10,14,18,20H2,1-2H3,(H,32,34)/b8-6-/t21-,25+,26-/m0/s1. The van der Waals surface area contributed by atoms with Crippen molar-refractivity contribution in [1.29, 1.82) is 0 Å². The zero-order valence-corrected chi connectivity index (χ0v) is 21.6. The maximum Gasteiger partial charge on any atom is 0.258 e. The molecule has 5 rings (SSSR count). The number of carbonyl (C=O) groups excluding carboxylic acids is 2. The highest BCUT2D eigenvalue weighted by Crippen LogP contribution is 2.35. The highest BCUT2D eigenvalue weighted by atomic mass is 16.7. The van der Waals surface area contributed by atoms with Crippen LogP contribution in [0.5, 0.6) is 17.2 Å². The number of ether oxygens (including phenoxy) is 3. The normalized spacial score (nSPS) is 22.6. The van der Waals surface area contributed by atoms with E-state index in [1.807, 2.05) is 67.6 Å². The highest BCUT2D eigenvalue weighted by molar-refractivity contribution is 5.99. The number of hydrogen-bond donors (Lipinski definition) is 1. The molecule has 0 saturated carbocycles. The van der Waals surface area contributed by atoms with Crippen molar-refractivity contribution >= 4 is 11.8 Å². The molecule has 0 aromatic heterocycles. The van der Waals surface area contributed by atoms with Crippen LogP contribution < -0.4 is 19.5 Å². The van der Waals surface area contributed by atoms with Gasteiger partial charge in [0.25, 0.3) is 5.91 Å². The molecular formula is C31H32N2O5. The first-order valence-electron chi connectivity index (χ1n) is 12.9. The molecule has 0 unspecified atom stereocenters. The first kappa shape index (κ1) is 25.4. The van der Waals surface area contributed by atoms with Crippen molar-refractivity contribution in [1.82, 2.24) is 10.2 Å². The van der Waals surface area contributed by atoms with Gasteiger partial charge in [0.1, 0.15) is 11.8 Å². The van der Waals surface area contributed by atoms with Gasteiger partial charge in [0.2, 0.25) is 12.7 Å². The van der Waals surface area contributed by atoms with Crippen LogP contribution in [0.1, 0.15) is 47.3 Å². The summed E-state index contributed by atoms with van der Waals surface area (Å²) < 4.78 is 17.2. The van der Waals surface area contributed by atoms with Gasteiger partial charge in [-0.05, 0) is 48.7 Å². The predicted molar refractivity (Wildman–Crippen MR) is 144 cm³/mol. The number of carbonyl (C=O) groups is 2. The molecule has 3 aromatic carbocycles. The molecule has 196 valence electrons. The fourth-order valence-electron chi connectivity index (χ4n) is 4.78. The minimum Gasteiger partial charge on any atom is -0.490 e. The Morgan fingerprint density at radius 1 is 0.868 bits per heavy atom. The van der Waals surface area contributed by atoms with Gasteiger partial charge in [-0.15, -0.1) is 0 Å². The van der Waals surface area contributed by atoms with Crippen molar-refractivity contribution in [3.63, 3.8) is 0 Å². The van der Waals surface area contributed by atoms with E-state index < -0.39 is 6.04 Å². The van der Waals surface area contributed by atoms with Crippen molar-refractivity contribution in [2.24, 2.45) is 0 Å². The fourth-order valence-corrected chi connectivity index (χ4v) is 4.78. The van der Waals surface area contributed by atoms with E-state index in [0.29, 0.717) is 42.1 Å². The number of para-hydroxylation sites is 1. The maximum absolute atomic E-state index is 13.9. The fraction of sp³-hybridized carbons (Fsp3) is 0.290. The average molecular weight is 513 g/mol. The SMILES string of the molecule is C[C@H]1C/C=C\C[C@H](c2ccc3c(c2)OCO3)NC(=O)[C@H](Cc2ccccc2)N(C)C(=O)c2ccccc2O1. The Morgan fingerprint density at radius 2 is 1.61 bits per heavy atom. The monoisotopic (exact) mass is 512 g/mol. The Hall–Kier alpha value is -4.26. The molecule has 0 radical (unpaired) electrons. The van der Waals surface area contributed by atoms with Gasteiger partial charge >= 0.3 is 0 Å². The molecule has 2 aliphatic rings. The van der Waals surface area contributed by atoms with Crippen LogP contribution in [0.15, 0.2) is 84.9 Å². The van der Waals surface area contributed by atoms with E-state index >= 15 is 0 Å². The Morgan fingerprint density at radius 3 is 2.45 bits per heavy atom. The van der Waals surface area contributed by atoms with Gasteiger partial charge < -0.3 is 24.4 Å². The molecule has 7 nitrogen and oxygen atoms in total. The number of fused-ring (bicyclic) bond motifs is 2. The predicted octanol–water partition coefficient (Wildman–Crippen LogP) is 5.07. The topological polar surface area (TPSA) is 77.1 Å². The summed E-state index contributed by atoms with van der Waals surface area (Å²) in [6.45, 7) is 2.16. The molecule has 0 bridgehead atoms. The molecule has 7 heteroatoms. The van der Waals surface area contributed by atoms with E-state index in [9.17, 15) is 9.59 Å². The summed E-state index contributed by atoms with van der Waals surface area (Å²) in [6.07, 6.45) is 5.60. The van der Waals surface area contributed by atoms with Crippen molar-refractivity contribution in [2.45, 2.75) is 44.4 Å². The average Bonchev–Trinajstić information content (AvgIpc) is 3.41. The summed E-state index contributed by atoms with van der Waals surface area (Å²) in [7, 11) is 1.68. The molecule has 38 heavy (non-hydrogen) atoms. The summed E-state index contributed by atoms with van der Waals surface area (Å²) in [4.78, 5) is 29.2. The minimum atomic E-state index is -0.737. The van der Waals surface area contributed by atoms with Crippen molar-refractivity contribution < 1.29 is 23.8 Å². The quantitative estimate of drug-likeness (QED) is 0.496. The third-order valence-corrected chi connectivity index (χ3v) is 6.93. The zero-order valence-electron chi connectivity index (χ0n) is 21.6. The summed E-state index contributed by atoms with van der Waals surface area (Å²) in [5, 5.41) is 3.22. The van der Waals surface area contributed by atoms with E-state index in [1.165, 1.54) is 4.90 Å². The second kappa shape index (κ2) is 11.4. The van der Waals surface area contributed by atoms with E-state index in [2.05, 4.69) is 17.5 Å². The number of hydrogen-bond acceptors (Lipinski definition) is 5. The Labute approximate surface area is 223 Å². The van der Waals surface area contributed by atoms with E-state index in [0.717, 1.165) is 11.1 Å². The lowest BCUT2D eigenvalue weighted by Crippen LogP contribution is -2.49. The molecule has 3 aromatic rings. The van der Waals surface area contributed by atoms with Crippen molar-refractivity contribution in [3.8, 4) is 17.2 Å². The van der Waals surface area contributed by atoms with Crippen molar-refractivity contribution in [2.75, 3.05) is 13.8 Å². The number of amides is 2. The lowest BCUT2D eigenvalue weighted by molar-refractivity contribution is -0.126. The zero-order chi connectivity index (χ0) is 26.5. The van der Waals surface area contributed by atoms with Crippen LogP contribution in [-0.4, -0.2) is 42.7 Å². The minimum absolute atomic E-state index is 0.132. The summed E-state index contributed by atoms with van der Waals surface area (Å²) >= 11 is 0. The number of rotatable bonds is 3. The van der Waals surface area contributed by atoms with Crippen LogP contribution in [0.2, 0.25) is 0 Å². The number of nitrogens with one attached hydrogen (secondary N) is 1. The van der Waals surface area contributed by atoms with Crippen LogP contribution in [0.3, 0.4) is 0 Å². The Balaban J connectivity index is 1.51. The molecule has 0 saturated heterocycles. The van der Waals surface area contributed by atoms with E-state index in [1.54, 1.807) is 19.2 Å². The summed E-state index contributed by atoms with van der Waals surface area (Å²) in [6, 6.07) is 21.6. The third-order valence-electron chi connectivity index (χ3n) is 6.93. The lowest BCUT2D eigenvalue weighted by atomic mass is 9.99. The first-order chi connectivity index (χ1) is 18.5. The van der Waals surface area contributed by atoms with Gasteiger partial charge in [-0.25, -0.2) is 0 Å². The van der Waals surface area contributed by atoms with Gasteiger partial charge in [-0.3, -0.25) is 9.59 Å². The molecule has 0 aliphatic carbocycles. The lowest BCUT2D eigenvalue weighted by Gasteiger charge is -2.30. The van der Waals surface area contributed by atoms with Crippen LogP contribution >= 0.6 is 0 Å². The molecule has 2 aliphatic heterocycles. The smallest absolute Gasteiger partial charge is 0.258 e. The van der Waals surface area contributed by atoms with Crippen LogP contribution in [0.4, 0.5) is 0 Å². The number of nitrogens with zero attached hydrogens (tertiary/aromatic N) is 1. The molecular weight excluding hydrogens is 480 g/mol. The van der Waals surface area contributed by atoms with Crippen LogP contribution in [0, 0.1) is 0 Å². The van der Waals surface area contributed by atoms with Crippen molar-refractivity contribution in [3.05, 3.63) is 102 Å². The second-order valence-corrected chi connectivity index (χ2v) is 9.66. The Bertz CT molecular complexity index is 1320. The van der Waals surface area contributed by atoms with E-state index in [4.69, 9.17) is 14.2 Å². The molecule has 3 atom stereocenters. The van der Waals surface area contributed by atoms with Gasteiger partial charge in [0.15, 0.2) is 11.5 Å². The molecule has 0 fully saturated rings. The first-order valence-corrected chi connectivity index (χ1v) is 12.9. The third kappa shape index (κ3) is 5.67. The maximum atomic E-state index is 13.9. The molecule has 1 N–H and O–H groups in total. The highest BCUT2D eigenvalue weighted by Gasteiger charge is 2.31. The molecule has 2 amide bonds. The van der Waals surface area contributed by atoms with Crippen LogP contribution in [-0.2, 0) is 11.2 Å². The number of likely N-dealkylation sites (N-methyl/N-ethyl adjacent to an activating group) is 1. The van der Waals surface area contributed by atoms with Crippen LogP contribution in [0.25, 0.3) is 0 Å². The molecule has 2 heterocycles. The van der Waals surface area contributed by atoms with Gasteiger partial charge in [0, 0.05) is 19.9 Å². The summed E-state index contributed by atoms with van der Waals surface area (Å²) in [5.74, 6) is 1.36.